The van der Waals surface area contributed by atoms with Crippen LogP contribution in [0.1, 0.15) is 32.3 Å². The van der Waals surface area contributed by atoms with Crippen molar-refractivity contribution in [3.8, 4) is 0 Å². The first-order valence-electron chi connectivity index (χ1n) is 7.34. The summed E-state index contributed by atoms with van der Waals surface area (Å²) < 4.78 is 0. The minimum absolute atomic E-state index is 0.689. The first-order chi connectivity index (χ1) is 9.15. The molecule has 0 bridgehead atoms. The lowest BCUT2D eigenvalue weighted by molar-refractivity contribution is 0.237. The molecule has 1 fully saturated rings. The molecule has 2 rings (SSSR count). The van der Waals surface area contributed by atoms with Crippen LogP contribution >= 0.6 is 11.6 Å². The third-order valence-electron chi connectivity index (χ3n) is 3.73. The van der Waals surface area contributed by atoms with E-state index in [0.29, 0.717) is 6.04 Å². The Morgan fingerprint density at radius 3 is 2.74 bits per heavy atom. The number of nitrogens with one attached hydrogen (secondary N) is 1. The maximum Gasteiger partial charge on any atom is 0.0406 e. The predicted molar refractivity (Wildman–Crippen MR) is 82.6 cm³/mol. The summed E-state index contributed by atoms with van der Waals surface area (Å²) in [7, 11) is 0. The normalized spacial score (nSPS) is 20.3. The molecule has 1 heterocycles. The fraction of sp³-hybridized carbons (Fsp3) is 0.625. The number of rotatable bonds is 6. The summed E-state index contributed by atoms with van der Waals surface area (Å²) in [6, 6.07) is 8.94. The zero-order chi connectivity index (χ0) is 13.7. The molecule has 1 aliphatic heterocycles. The Labute approximate surface area is 122 Å². The second-order valence-electron chi connectivity index (χ2n) is 5.95. The van der Waals surface area contributed by atoms with Crippen LogP contribution < -0.4 is 5.32 Å². The van der Waals surface area contributed by atoms with Crippen molar-refractivity contribution in [1.82, 2.24) is 10.2 Å². The van der Waals surface area contributed by atoms with Gasteiger partial charge in [-0.3, -0.25) is 4.90 Å². The van der Waals surface area contributed by atoms with E-state index in [1.165, 1.54) is 24.9 Å². The van der Waals surface area contributed by atoms with Crippen LogP contribution in [0.5, 0.6) is 0 Å². The van der Waals surface area contributed by atoms with Gasteiger partial charge in [-0.05, 0) is 49.5 Å². The average Bonchev–Trinajstić information content (AvgIpc) is 2.79. The third-order valence-corrected chi connectivity index (χ3v) is 3.98. The van der Waals surface area contributed by atoms with E-state index in [1.807, 2.05) is 12.1 Å². The van der Waals surface area contributed by atoms with Crippen LogP contribution in [-0.4, -0.2) is 30.6 Å². The molecule has 1 N–H and O–H groups in total. The Hall–Kier alpha value is -0.570. The zero-order valence-corrected chi connectivity index (χ0v) is 12.8. The lowest BCUT2D eigenvalue weighted by atomic mass is 10.1. The Morgan fingerprint density at radius 2 is 2.05 bits per heavy atom. The monoisotopic (exact) mass is 280 g/mol. The van der Waals surface area contributed by atoms with E-state index in [4.69, 9.17) is 11.6 Å². The highest BCUT2D eigenvalue weighted by Gasteiger charge is 2.23. The van der Waals surface area contributed by atoms with Crippen molar-refractivity contribution in [1.29, 1.82) is 0 Å². The van der Waals surface area contributed by atoms with Gasteiger partial charge in [-0.2, -0.15) is 0 Å². The topological polar surface area (TPSA) is 15.3 Å². The van der Waals surface area contributed by atoms with Crippen LogP contribution in [0.2, 0.25) is 5.02 Å². The molecule has 2 nitrogen and oxygen atoms in total. The van der Waals surface area contributed by atoms with E-state index in [1.54, 1.807) is 0 Å². The van der Waals surface area contributed by atoms with E-state index in [2.05, 4.69) is 36.2 Å². The molecule has 3 heteroatoms. The van der Waals surface area contributed by atoms with Crippen LogP contribution in [0.15, 0.2) is 24.3 Å². The van der Waals surface area contributed by atoms with Crippen molar-refractivity contribution < 1.29 is 0 Å². The maximum atomic E-state index is 5.93. The van der Waals surface area contributed by atoms with Gasteiger partial charge in [-0.25, -0.2) is 0 Å². The standard InChI is InChI=1S/C16H25ClN2/c1-13(2)10-18-11-16-4-3-9-19(16)12-14-5-7-15(17)8-6-14/h5-8,13,16,18H,3-4,9-12H2,1-2H3. The highest BCUT2D eigenvalue weighted by atomic mass is 35.5. The molecular formula is C16H25ClN2. The van der Waals surface area contributed by atoms with Gasteiger partial charge in [0.25, 0.3) is 0 Å². The Bertz CT molecular complexity index is 375. The number of halogens is 1. The highest BCUT2D eigenvalue weighted by molar-refractivity contribution is 6.30. The van der Waals surface area contributed by atoms with Gasteiger partial charge < -0.3 is 5.32 Å². The molecule has 1 atom stereocenters. The van der Waals surface area contributed by atoms with Gasteiger partial charge in [0.05, 0.1) is 0 Å². The first kappa shape index (κ1) is 14.8. The van der Waals surface area contributed by atoms with Gasteiger partial charge in [0.15, 0.2) is 0 Å². The van der Waals surface area contributed by atoms with Crippen molar-refractivity contribution in [2.75, 3.05) is 19.6 Å². The second kappa shape index (κ2) is 7.28. The van der Waals surface area contributed by atoms with Gasteiger partial charge in [0, 0.05) is 24.2 Å². The highest BCUT2D eigenvalue weighted by Crippen LogP contribution is 2.20. The smallest absolute Gasteiger partial charge is 0.0406 e. The molecule has 19 heavy (non-hydrogen) atoms. The summed E-state index contributed by atoms with van der Waals surface area (Å²) in [6.45, 7) is 9.01. The van der Waals surface area contributed by atoms with Crippen LogP contribution in [-0.2, 0) is 6.54 Å². The van der Waals surface area contributed by atoms with Crippen molar-refractivity contribution in [2.45, 2.75) is 39.3 Å². The van der Waals surface area contributed by atoms with Crippen LogP contribution in [0.3, 0.4) is 0 Å². The first-order valence-corrected chi connectivity index (χ1v) is 7.72. The summed E-state index contributed by atoms with van der Waals surface area (Å²) in [6.07, 6.45) is 2.64. The van der Waals surface area contributed by atoms with E-state index in [-0.39, 0.29) is 0 Å². The fourth-order valence-electron chi connectivity index (χ4n) is 2.70. The minimum atomic E-state index is 0.689. The number of likely N-dealkylation sites (tertiary alicyclic amines) is 1. The summed E-state index contributed by atoms with van der Waals surface area (Å²) in [4.78, 5) is 2.59. The molecule has 1 saturated heterocycles. The van der Waals surface area contributed by atoms with Crippen molar-refractivity contribution in [3.63, 3.8) is 0 Å². The third kappa shape index (κ3) is 4.79. The van der Waals surface area contributed by atoms with Crippen molar-refractivity contribution in [3.05, 3.63) is 34.9 Å². The van der Waals surface area contributed by atoms with Gasteiger partial charge in [-0.15, -0.1) is 0 Å². The molecule has 1 aromatic carbocycles. The Kier molecular flexibility index (Phi) is 5.68. The molecular weight excluding hydrogens is 256 g/mol. The van der Waals surface area contributed by atoms with Gasteiger partial charge >= 0.3 is 0 Å². The van der Waals surface area contributed by atoms with Gasteiger partial charge in [0.1, 0.15) is 0 Å². The molecule has 106 valence electrons. The molecule has 0 amide bonds. The minimum Gasteiger partial charge on any atom is -0.315 e. The molecule has 1 aliphatic rings. The number of hydrogen-bond donors (Lipinski definition) is 1. The van der Waals surface area contributed by atoms with E-state index < -0.39 is 0 Å². The summed E-state index contributed by atoms with van der Waals surface area (Å²) >= 11 is 5.93. The van der Waals surface area contributed by atoms with Crippen molar-refractivity contribution in [2.24, 2.45) is 5.92 Å². The number of benzene rings is 1. The maximum absolute atomic E-state index is 5.93. The van der Waals surface area contributed by atoms with E-state index in [9.17, 15) is 0 Å². The number of hydrogen-bond acceptors (Lipinski definition) is 2. The molecule has 0 saturated carbocycles. The van der Waals surface area contributed by atoms with Crippen molar-refractivity contribution >= 4 is 11.6 Å². The molecule has 1 unspecified atom stereocenters. The molecule has 0 spiro atoms. The van der Waals surface area contributed by atoms with Crippen LogP contribution in [0.25, 0.3) is 0 Å². The largest absolute Gasteiger partial charge is 0.315 e. The van der Waals surface area contributed by atoms with Gasteiger partial charge in [0.2, 0.25) is 0 Å². The Balaban J connectivity index is 1.83. The summed E-state index contributed by atoms with van der Waals surface area (Å²) in [5, 5.41) is 4.41. The van der Waals surface area contributed by atoms with E-state index in [0.717, 1.165) is 30.6 Å². The molecule has 1 aromatic rings. The van der Waals surface area contributed by atoms with Crippen LogP contribution in [0.4, 0.5) is 0 Å². The zero-order valence-electron chi connectivity index (χ0n) is 12.0. The predicted octanol–water partition coefficient (Wildman–Crippen LogP) is 3.55. The van der Waals surface area contributed by atoms with Crippen LogP contribution in [0, 0.1) is 5.92 Å². The fourth-order valence-corrected chi connectivity index (χ4v) is 2.82. The average molecular weight is 281 g/mol. The van der Waals surface area contributed by atoms with E-state index >= 15 is 0 Å². The second-order valence-corrected chi connectivity index (χ2v) is 6.38. The summed E-state index contributed by atoms with van der Waals surface area (Å²) in [5.41, 5.74) is 1.36. The quantitative estimate of drug-likeness (QED) is 0.857. The van der Waals surface area contributed by atoms with Gasteiger partial charge in [-0.1, -0.05) is 37.6 Å². The SMILES string of the molecule is CC(C)CNCC1CCCN1Cc1ccc(Cl)cc1. The molecule has 0 radical (unpaired) electrons. The Morgan fingerprint density at radius 1 is 1.32 bits per heavy atom. The lowest BCUT2D eigenvalue weighted by Crippen LogP contribution is -2.38. The lowest BCUT2D eigenvalue weighted by Gasteiger charge is -2.25. The molecule has 0 aromatic heterocycles. The number of nitrogens with zero attached hydrogens (tertiary/aromatic N) is 1. The summed E-state index contributed by atoms with van der Waals surface area (Å²) in [5.74, 6) is 0.728. The molecule has 0 aliphatic carbocycles.